The summed E-state index contributed by atoms with van der Waals surface area (Å²) >= 11 is 0. The van der Waals surface area contributed by atoms with Gasteiger partial charge in [-0.15, -0.1) is 0 Å². The lowest BCUT2D eigenvalue weighted by atomic mass is 9.86. The van der Waals surface area contributed by atoms with Crippen molar-refractivity contribution < 1.29 is 4.42 Å². The Balaban J connectivity index is 0.825. The van der Waals surface area contributed by atoms with Gasteiger partial charge in [-0.2, -0.15) is 0 Å². The maximum Gasteiger partial charge on any atom is 0.143 e. The molecule has 17 rings (SSSR count). The van der Waals surface area contributed by atoms with Crippen LogP contribution in [0.5, 0.6) is 0 Å². The molecule has 0 spiro atoms. The van der Waals surface area contributed by atoms with Crippen molar-refractivity contribution in [3.05, 3.63) is 285 Å². The van der Waals surface area contributed by atoms with Crippen molar-refractivity contribution >= 4 is 108 Å². The molecular formula is C78H47NO. The number of aromatic nitrogens is 1. The molecule has 0 amide bonds. The van der Waals surface area contributed by atoms with Gasteiger partial charge in [0.15, 0.2) is 0 Å². The van der Waals surface area contributed by atoms with Gasteiger partial charge in [0.05, 0.1) is 11.0 Å². The van der Waals surface area contributed by atoms with Gasteiger partial charge in [-0.25, -0.2) is 0 Å². The van der Waals surface area contributed by atoms with E-state index < -0.39 is 0 Å². The highest BCUT2D eigenvalue weighted by Gasteiger charge is 2.21. The van der Waals surface area contributed by atoms with Crippen LogP contribution in [0.1, 0.15) is 0 Å². The van der Waals surface area contributed by atoms with E-state index in [0.29, 0.717) is 0 Å². The number of rotatable bonds is 6. The zero-order valence-electron chi connectivity index (χ0n) is 43.5. The minimum atomic E-state index is 0.869. The SMILES string of the molecule is c1ccc(-c2c3ccccc3c(-c3ccc(-n4c5ccccc5c5cc(-c6cc(-c7ccc8c(ccc9ccccc98)c7)cc7c6oc6ccc(-c8ccc9c(ccc%10ccccc%109)c8)cc67)ccc54)cc3)c3ccccc23)cc1. The zero-order chi connectivity index (χ0) is 52.4. The Morgan fingerprint density at radius 1 is 0.225 bits per heavy atom. The summed E-state index contributed by atoms with van der Waals surface area (Å²) in [6.45, 7) is 0. The molecule has 80 heavy (non-hydrogen) atoms. The number of furan rings is 1. The van der Waals surface area contributed by atoms with Gasteiger partial charge in [-0.3, -0.25) is 0 Å². The number of fused-ring (bicyclic) bond motifs is 14. The van der Waals surface area contributed by atoms with Crippen molar-refractivity contribution in [3.63, 3.8) is 0 Å². The second kappa shape index (κ2) is 17.5. The molecule has 0 atom stereocenters. The Bertz CT molecular complexity index is 5350. The van der Waals surface area contributed by atoms with Gasteiger partial charge in [-0.05, 0) is 181 Å². The summed E-state index contributed by atoms with van der Waals surface area (Å²) in [5.74, 6) is 0. The molecule has 370 valence electrons. The van der Waals surface area contributed by atoms with E-state index in [0.717, 1.165) is 66.5 Å². The maximum atomic E-state index is 7.06. The normalized spacial score (nSPS) is 12.0. The molecule has 0 fully saturated rings. The topological polar surface area (TPSA) is 18.1 Å². The largest absolute Gasteiger partial charge is 0.455 e. The lowest BCUT2D eigenvalue weighted by Gasteiger charge is -2.18. The molecular weight excluding hydrogens is 967 g/mol. The van der Waals surface area contributed by atoms with Crippen LogP contribution in [0, 0.1) is 0 Å². The van der Waals surface area contributed by atoms with Crippen molar-refractivity contribution in [3.8, 4) is 61.3 Å². The third-order valence-corrected chi connectivity index (χ3v) is 17.1. The molecule has 0 bridgehead atoms. The molecule has 0 unspecified atom stereocenters. The van der Waals surface area contributed by atoms with Gasteiger partial charge >= 0.3 is 0 Å². The van der Waals surface area contributed by atoms with Crippen LogP contribution in [-0.2, 0) is 0 Å². The lowest BCUT2D eigenvalue weighted by Crippen LogP contribution is -1.94. The highest BCUT2D eigenvalue weighted by atomic mass is 16.3. The Morgan fingerprint density at radius 3 is 1.30 bits per heavy atom. The lowest BCUT2D eigenvalue weighted by molar-refractivity contribution is 0.670. The molecule has 0 N–H and O–H groups in total. The number of nitrogens with zero attached hydrogens (tertiary/aromatic N) is 1. The van der Waals surface area contributed by atoms with E-state index in [1.54, 1.807) is 0 Å². The van der Waals surface area contributed by atoms with Gasteiger partial charge in [0.25, 0.3) is 0 Å². The maximum absolute atomic E-state index is 7.06. The summed E-state index contributed by atoms with van der Waals surface area (Å²) in [5, 5.41) is 19.6. The van der Waals surface area contributed by atoms with Gasteiger partial charge < -0.3 is 8.98 Å². The van der Waals surface area contributed by atoms with E-state index in [2.05, 4.69) is 290 Å². The fourth-order valence-electron chi connectivity index (χ4n) is 13.4. The summed E-state index contributed by atoms with van der Waals surface area (Å²) in [4.78, 5) is 0. The molecule has 2 heterocycles. The number of hydrogen-bond donors (Lipinski definition) is 0. The van der Waals surface area contributed by atoms with Crippen LogP contribution in [0.4, 0.5) is 0 Å². The van der Waals surface area contributed by atoms with Crippen molar-refractivity contribution in [1.82, 2.24) is 4.57 Å². The van der Waals surface area contributed by atoms with Crippen LogP contribution in [0.2, 0.25) is 0 Å². The van der Waals surface area contributed by atoms with Gasteiger partial charge in [0.1, 0.15) is 11.2 Å². The first kappa shape index (κ1) is 44.6. The third kappa shape index (κ3) is 6.86. The zero-order valence-corrected chi connectivity index (χ0v) is 43.5. The van der Waals surface area contributed by atoms with E-state index in [4.69, 9.17) is 4.42 Å². The van der Waals surface area contributed by atoms with Crippen LogP contribution >= 0.6 is 0 Å². The Labute approximate surface area is 461 Å². The van der Waals surface area contributed by atoms with Crippen molar-refractivity contribution in [2.75, 3.05) is 0 Å². The summed E-state index contributed by atoms with van der Waals surface area (Å²) in [6, 6.07) is 105. The third-order valence-electron chi connectivity index (χ3n) is 17.1. The predicted molar refractivity (Wildman–Crippen MR) is 340 cm³/mol. The highest BCUT2D eigenvalue weighted by molar-refractivity contribution is 6.22. The quantitative estimate of drug-likeness (QED) is 0.120. The van der Waals surface area contributed by atoms with Crippen LogP contribution in [-0.4, -0.2) is 4.57 Å². The van der Waals surface area contributed by atoms with Crippen LogP contribution in [0.15, 0.2) is 290 Å². The molecule has 0 aliphatic carbocycles. The predicted octanol–water partition coefficient (Wildman–Crippen LogP) is 21.9. The first-order valence-corrected chi connectivity index (χ1v) is 27.6. The molecule has 2 aromatic heterocycles. The average Bonchev–Trinajstić information content (AvgIpc) is 4.20. The second-order valence-corrected chi connectivity index (χ2v) is 21.5. The van der Waals surface area contributed by atoms with Crippen LogP contribution in [0.3, 0.4) is 0 Å². The fraction of sp³-hybridized carbons (Fsp3) is 0. The highest BCUT2D eigenvalue weighted by Crippen LogP contribution is 2.46. The number of hydrogen-bond acceptors (Lipinski definition) is 1. The van der Waals surface area contributed by atoms with E-state index in [1.807, 2.05) is 0 Å². The fourth-order valence-corrected chi connectivity index (χ4v) is 13.4. The van der Waals surface area contributed by atoms with Crippen LogP contribution < -0.4 is 0 Å². The smallest absolute Gasteiger partial charge is 0.143 e. The van der Waals surface area contributed by atoms with E-state index in [1.165, 1.54) is 103 Å². The monoisotopic (exact) mass is 1010 g/mol. The average molecular weight is 1010 g/mol. The van der Waals surface area contributed by atoms with Crippen molar-refractivity contribution in [1.29, 1.82) is 0 Å². The molecule has 0 aliphatic rings. The van der Waals surface area contributed by atoms with Gasteiger partial charge in [0.2, 0.25) is 0 Å². The molecule has 17 aromatic rings. The van der Waals surface area contributed by atoms with Crippen LogP contribution in [0.25, 0.3) is 170 Å². The van der Waals surface area contributed by atoms with E-state index >= 15 is 0 Å². The first-order valence-electron chi connectivity index (χ1n) is 27.6. The van der Waals surface area contributed by atoms with Gasteiger partial charge in [-0.1, -0.05) is 218 Å². The Hall–Kier alpha value is -10.5. The molecule has 0 aliphatic heterocycles. The molecule has 0 radical (unpaired) electrons. The molecule has 2 heteroatoms. The Kier molecular flexibility index (Phi) is 9.75. The summed E-state index contributed by atoms with van der Waals surface area (Å²) in [6.07, 6.45) is 0. The number of para-hydroxylation sites is 1. The van der Waals surface area contributed by atoms with E-state index in [-0.39, 0.29) is 0 Å². The molecule has 0 saturated heterocycles. The minimum absolute atomic E-state index is 0.869. The van der Waals surface area contributed by atoms with Crippen molar-refractivity contribution in [2.24, 2.45) is 0 Å². The molecule has 2 nitrogen and oxygen atoms in total. The van der Waals surface area contributed by atoms with Gasteiger partial charge in [0, 0.05) is 32.8 Å². The van der Waals surface area contributed by atoms with Crippen molar-refractivity contribution in [2.45, 2.75) is 0 Å². The standard InChI is InChI=1S/C78H47NO/c1-2-16-50(17-3-1)76-65-21-8-10-23-67(65)77(68-24-11-9-22-66(68)76)51-30-36-59(37-31-51)79-73-25-13-12-20-64(73)70-45-57(34-40-74(70)79)69-46-58(53-33-39-63-56(43-53)29-27-49-15-5-7-19-61(49)63)47-72-71-44-54(35-41-75(71)80-78(69)72)52-32-38-62-55(42-52)28-26-48-14-4-6-18-60(48)62/h1-47H. The van der Waals surface area contributed by atoms with E-state index in [9.17, 15) is 0 Å². The number of benzene rings is 15. The summed E-state index contributed by atoms with van der Waals surface area (Å²) in [5.41, 5.74) is 16.9. The Morgan fingerprint density at radius 2 is 0.662 bits per heavy atom. The summed E-state index contributed by atoms with van der Waals surface area (Å²) < 4.78 is 9.48. The summed E-state index contributed by atoms with van der Waals surface area (Å²) in [7, 11) is 0. The minimum Gasteiger partial charge on any atom is -0.455 e. The second-order valence-electron chi connectivity index (χ2n) is 21.5. The molecule has 0 saturated carbocycles. The first-order chi connectivity index (χ1) is 39.6. The molecule has 15 aromatic carbocycles.